The van der Waals surface area contributed by atoms with Crippen LogP contribution in [0.1, 0.15) is 24.1 Å². The number of nitrogens with one attached hydrogen (secondary N) is 2. The first-order valence-corrected chi connectivity index (χ1v) is 8.16. The molecule has 1 aliphatic carbocycles. The van der Waals surface area contributed by atoms with E-state index in [1.807, 2.05) is 30.5 Å². The Bertz CT molecular complexity index is 971. The molecule has 0 bridgehead atoms. The molecule has 1 amide bonds. The highest BCUT2D eigenvalue weighted by Gasteiger charge is 2.14. The molecule has 0 spiro atoms. The van der Waals surface area contributed by atoms with Crippen LogP contribution in [0.2, 0.25) is 0 Å². The Morgan fingerprint density at radius 1 is 1.21 bits per heavy atom. The highest BCUT2D eigenvalue weighted by atomic mass is 16.2. The van der Waals surface area contributed by atoms with Gasteiger partial charge < -0.3 is 10.3 Å². The molecule has 2 N–H and O–H groups in total. The van der Waals surface area contributed by atoms with Crippen molar-refractivity contribution in [2.24, 2.45) is 0 Å². The summed E-state index contributed by atoms with van der Waals surface area (Å²) in [5, 5.41) is 8.23. The van der Waals surface area contributed by atoms with Gasteiger partial charge in [-0.2, -0.15) is 5.10 Å². The lowest BCUT2D eigenvalue weighted by molar-refractivity contribution is -0.117. The molecule has 2 aromatic heterocycles. The number of amides is 1. The van der Waals surface area contributed by atoms with Gasteiger partial charge in [0.15, 0.2) is 0 Å². The Morgan fingerprint density at radius 3 is 3.00 bits per heavy atom. The van der Waals surface area contributed by atoms with Crippen LogP contribution in [0.5, 0.6) is 0 Å². The molecule has 0 atom stereocenters. The van der Waals surface area contributed by atoms with Crippen LogP contribution in [0.3, 0.4) is 0 Å². The standard InChI is InChI=1S/C18H18N4O2/c23-17(20-14-5-6-15-13(9-14)7-8-19-15)11-22-18(24)10-12-3-1-2-4-16(12)21-22/h5-10,19H,1-4,11H2,(H,20,23). The highest BCUT2D eigenvalue weighted by molar-refractivity contribution is 5.93. The van der Waals surface area contributed by atoms with Crippen LogP contribution in [0.25, 0.3) is 10.9 Å². The van der Waals surface area contributed by atoms with E-state index in [9.17, 15) is 9.59 Å². The Hall–Kier alpha value is -2.89. The minimum atomic E-state index is -0.254. The number of rotatable bonds is 3. The Balaban J connectivity index is 1.52. The molecule has 2 heterocycles. The molecule has 4 rings (SSSR count). The molecular weight excluding hydrogens is 304 g/mol. The molecule has 0 unspecified atom stereocenters. The van der Waals surface area contributed by atoms with Crippen molar-refractivity contribution in [1.29, 1.82) is 0 Å². The lowest BCUT2D eigenvalue weighted by atomic mass is 9.97. The third-order valence-electron chi connectivity index (χ3n) is 4.40. The van der Waals surface area contributed by atoms with Gasteiger partial charge in [0.05, 0.1) is 5.69 Å². The van der Waals surface area contributed by atoms with E-state index in [0.29, 0.717) is 5.69 Å². The summed E-state index contributed by atoms with van der Waals surface area (Å²) in [5.41, 5.74) is 3.48. The monoisotopic (exact) mass is 322 g/mol. The van der Waals surface area contributed by atoms with Crippen molar-refractivity contribution in [1.82, 2.24) is 14.8 Å². The molecule has 6 nitrogen and oxygen atoms in total. The van der Waals surface area contributed by atoms with Crippen LogP contribution in [0, 0.1) is 0 Å². The number of H-pyrrole nitrogens is 1. The zero-order valence-corrected chi connectivity index (χ0v) is 13.2. The minimum absolute atomic E-state index is 0.0721. The molecule has 0 fully saturated rings. The molecule has 6 heteroatoms. The summed E-state index contributed by atoms with van der Waals surface area (Å²) in [6, 6.07) is 9.21. The van der Waals surface area contributed by atoms with Gasteiger partial charge in [-0.3, -0.25) is 9.59 Å². The number of benzene rings is 1. The summed E-state index contributed by atoms with van der Waals surface area (Å²) in [7, 11) is 0. The summed E-state index contributed by atoms with van der Waals surface area (Å²) in [6.07, 6.45) is 5.82. The average molecular weight is 322 g/mol. The largest absolute Gasteiger partial charge is 0.361 e. The second-order valence-electron chi connectivity index (χ2n) is 6.15. The second-order valence-corrected chi connectivity index (χ2v) is 6.15. The molecule has 3 aromatic rings. The number of fused-ring (bicyclic) bond motifs is 2. The molecule has 0 aliphatic heterocycles. The summed E-state index contributed by atoms with van der Waals surface area (Å²) in [6.45, 7) is -0.0721. The van der Waals surface area contributed by atoms with Gasteiger partial charge in [-0.1, -0.05) is 0 Å². The van der Waals surface area contributed by atoms with Crippen molar-refractivity contribution in [3.05, 3.63) is 58.1 Å². The van der Waals surface area contributed by atoms with Crippen molar-refractivity contribution in [2.45, 2.75) is 32.2 Å². The summed E-state index contributed by atoms with van der Waals surface area (Å²) in [4.78, 5) is 27.5. The van der Waals surface area contributed by atoms with E-state index >= 15 is 0 Å². The van der Waals surface area contributed by atoms with Crippen molar-refractivity contribution < 1.29 is 4.79 Å². The quantitative estimate of drug-likeness (QED) is 0.776. The van der Waals surface area contributed by atoms with Gasteiger partial charge in [-0.05, 0) is 55.5 Å². The number of hydrogen-bond acceptors (Lipinski definition) is 3. The first kappa shape index (κ1) is 14.7. The SMILES string of the molecule is O=C(Cn1nc2c(cc1=O)CCCC2)Nc1ccc2[nH]ccc2c1. The Morgan fingerprint density at radius 2 is 2.08 bits per heavy atom. The van der Waals surface area contributed by atoms with Gasteiger partial charge in [-0.15, -0.1) is 0 Å². The van der Waals surface area contributed by atoms with E-state index in [4.69, 9.17) is 0 Å². The lowest BCUT2D eigenvalue weighted by Crippen LogP contribution is -2.31. The van der Waals surface area contributed by atoms with Gasteiger partial charge in [0.1, 0.15) is 6.54 Å². The number of aromatic nitrogens is 3. The molecular formula is C18H18N4O2. The zero-order chi connectivity index (χ0) is 16.5. The van der Waals surface area contributed by atoms with Crippen molar-refractivity contribution in [2.75, 3.05) is 5.32 Å². The van der Waals surface area contributed by atoms with E-state index in [2.05, 4.69) is 15.4 Å². The molecule has 1 aromatic carbocycles. The van der Waals surface area contributed by atoms with E-state index in [1.54, 1.807) is 6.07 Å². The summed E-state index contributed by atoms with van der Waals surface area (Å²) < 4.78 is 1.26. The van der Waals surface area contributed by atoms with Crippen molar-refractivity contribution >= 4 is 22.5 Å². The summed E-state index contributed by atoms with van der Waals surface area (Å²) in [5.74, 6) is -0.254. The molecule has 24 heavy (non-hydrogen) atoms. The fourth-order valence-electron chi connectivity index (χ4n) is 3.18. The topological polar surface area (TPSA) is 79.8 Å². The van der Waals surface area contributed by atoms with Crippen LogP contribution in [0.15, 0.2) is 41.3 Å². The number of carbonyl (C=O) groups is 1. The van der Waals surface area contributed by atoms with Crippen LogP contribution in [0.4, 0.5) is 5.69 Å². The smallest absolute Gasteiger partial charge is 0.267 e. The number of nitrogens with zero attached hydrogens (tertiary/aromatic N) is 2. The Kier molecular flexibility index (Phi) is 3.65. The Labute approximate surface area is 138 Å². The normalized spacial score (nSPS) is 13.7. The maximum Gasteiger partial charge on any atom is 0.267 e. The predicted molar refractivity (Wildman–Crippen MR) is 92.1 cm³/mol. The minimum Gasteiger partial charge on any atom is -0.361 e. The molecule has 0 saturated heterocycles. The van der Waals surface area contributed by atoms with Crippen LogP contribution < -0.4 is 10.9 Å². The van der Waals surface area contributed by atoms with Crippen molar-refractivity contribution in [3.63, 3.8) is 0 Å². The lowest BCUT2D eigenvalue weighted by Gasteiger charge is -2.15. The predicted octanol–water partition coefficient (Wildman–Crippen LogP) is 2.24. The third-order valence-corrected chi connectivity index (χ3v) is 4.40. The molecule has 0 radical (unpaired) electrons. The van der Waals surface area contributed by atoms with E-state index in [0.717, 1.165) is 47.8 Å². The molecule has 122 valence electrons. The highest BCUT2D eigenvalue weighted by Crippen LogP contribution is 2.18. The van der Waals surface area contributed by atoms with Crippen molar-refractivity contribution in [3.8, 4) is 0 Å². The number of hydrogen-bond donors (Lipinski definition) is 2. The van der Waals surface area contributed by atoms with Gasteiger partial charge in [0.2, 0.25) is 5.91 Å². The van der Waals surface area contributed by atoms with Gasteiger partial charge in [-0.25, -0.2) is 4.68 Å². The molecule has 0 saturated carbocycles. The maximum absolute atomic E-state index is 12.3. The fraction of sp³-hybridized carbons (Fsp3) is 0.278. The number of aryl methyl sites for hydroxylation is 2. The van der Waals surface area contributed by atoms with Crippen LogP contribution in [-0.2, 0) is 24.2 Å². The first-order chi connectivity index (χ1) is 11.7. The number of anilines is 1. The van der Waals surface area contributed by atoms with Gasteiger partial charge in [0.25, 0.3) is 5.56 Å². The molecule has 1 aliphatic rings. The number of carbonyl (C=O) groups excluding carboxylic acids is 1. The number of aromatic amines is 1. The van der Waals surface area contributed by atoms with Gasteiger partial charge in [0, 0.05) is 28.9 Å². The van der Waals surface area contributed by atoms with Crippen LogP contribution >= 0.6 is 0 Å². The zero-order valence-electron chi connectivity index (χ0n) is 13.2. The first-order valence-electron chi connectivity index (χ1n) is 8.16. The fourth-order valence-corrected chi connectivity index (χ4v) is 3.18. The van der Waals surface area contributed by atoms with E-state index in [-0.39, 0.29) is 18.0 Å². The van der Waals surface area contributed by atoms with E-state index in [1.165, 1.54) is 4.68 Å². The summed E-state index contributed by atoms with van der Waals surface area (Å²) >= 11 is 0. The second kappa shape index (κ2) is 5.96. The third kappa shape index (κ3) is 2.82. The van der Waals surface area contributed by atoms with Gasteiger partial charge >= 0.3 is 0 Å². The van der Waals surface area contributed by atoms with E-state index < -0.39 is 0 Å². The maximum atomic E-state index is 12.3. The average Bonchev–Trinajstić information content (AvgIpc) is 3.03. The van der Waals surface area contributed by atoms with Crippen LogP contribution in [-0.4, -0.2) is 20.7 Å².